The maximum absolute atomic E-state index is 14.8. The van der Waals surface area contributed by atoms with Crippen molar-refractivity contribution in [3.05, 3.63) is 111 Å². The molecule has 0 atom stereocenters. The van der Waals surface area contributed by atoms with Gasteiger partial charge in [0.15, 0.2) is 0 Å². The first-order valence-electron chi connectivity index (χ1n) is 12.6. The number of benzene rings is 2. The molecule has 36 heavy (non-hydrogen) atoms. The molecule has 6 rings (SSSR count). The van der Waals surface area contributed by atoms with Crippen molar-refractivity contribution < 1.29 is 9.18 Å². The number of nitrogens with zero attached hydrogens (tertiary/aromatic N) is 3. The van der Waals surface area contributed by atoms with Crippen molar-refractivity contribution in [3.63, 3.8) is 0 Å². The van der Waals surface area contributed by atoms with Crippen molar-refractivity contribution >= 4 is 11.4 Å². The summed E-state index contributed by atoms with van der Waals surface area (Å²) in [7, 11) is 0. The number of carbonyl (C=O) groups excluding carboxylic acids is 1. The van der Waals surface area contributed by atoms with Crippen molar-refractivity contribution in [1.82, 2.24) is 19.2 Å². The minimum absolute atomic E-state index is 0.113. The van der Waals surface area contributed by atoms with E-state index in [9.17, 15) is 14.0 Å². The molecule has 0 radical (unpaired) electrons. The van der Waals surface area contributed by atoms with Gasteiger partial charge in [0, 0.05) is 56.7 Å². The standard InChI is InChI=1S/C29H29FN4O2/c30-26-9-8-20(15-24-19-31-28(35)27-7-3-12-34(24)27)16-25(26)29(36)33-11-4-10-32(13-14-33)23-17-21-5-1-2-6-22(21)18-23/h1-3,5-9,12,16,19,23H,4,10-11,13-15,17-18H2,(H,31,35). The number of H-pyrrole nitrogens is 1. The van der Waals surface area contributed by atoms with E-state index in [1.165, 1.54) is 17.2 Å². The Hall–Kier alpha value is -3.71. The summed E-state index contributed by atoms with van der Waals surface area (Å²) in [6, 6.07) is 17.4. The van der Waals surface area contributed by atoms with Crippen LogP contribution in [-0.2, 0) is 19.3 Å². The highest BCUT2D eigenvalue weighted by Crippen LogP contribution is 2.26. The van der Waals surface area contributed by atoms with Crippen LogP contribution >= 0.6 is 0 Å². The van der Waals surface area contributed by atoms with Gasteiger partial charge in [-0.3, -0.25) is 14.5 Å². The van der Waals surface area contributed by atoms with Crippen LogP contribution in [0.4, 0.5) is 4.39 Å². The van der Waals surface area contributed by atoms with E-state index in [1.807, 2.05) is 16.7 Å². The SMILES string of the molecule is O=C(c1cc(Cc2c[nH]c(=O)c3cccn23)ccc1F)N1CCCN(C2Cc3ccccc3C2)CC1. The minimum Gasteiger partial charge on any atom is -0.337 e. The summed E-state index contributed by atoms with van der Waals surface area (Å²) in [4.78, 5) is 32.5. The third-order valence-corrected chi connectivity index (χ3v) is 7.67. The molecule has 7 heteroatoms. The van der Waals surface area contributed by atoms with Gasteiger partial charge in [-0.1, -0.05) is 30.3 Å². The zero-order chi connectivity index (χ0) is 24.6. The molecule has 1 saturated heterocycles. The Balaban J connectivity index is 1.17. The lowest BCUT2D eigenvalue weighted by molar-refractivity contribution is 0.0753. The van der Waals surface area contributed by atoms with E-state index in [0.29, 0.717) is 31.1 Å². The second-order valence-electron chi connectivity index (χ2n) is 9.88. The largest absolute Gasteiger partial charge is 0.337 e. The highest BCUT2D eigenvalue weighted by atomic mass is 19.1. The Labute approximate surface area is 209 Å². The lowest BCUT2D eigenvalue weighted by Gasteiger charge is -2.27. The molecule has 2 aromatic heterocycles. The summed E-state index contributed by atoms with van der Waals surface area (Å²) in [5.74, 6) is -0.748. The normalized spacial score (nSPS) is 16.9. The molecule has 0 bridgehead atoms. The van der Waals surface area contributed by atoms with Gasteiger partial charge in [-0.2, -0.15) is 0 Å². The molecule has 184 valence electrons. The Morgan fingerprint density at radius 1 is 0.972 bits per heavy atom. The predicted molar refractivity (Wildman–Crippen MR) is 137 cm³/mol. The maximum atomic E-state index is 14.8. The van der Waals surface area contributed by atoms with Crippen LogP contribution in [-0.4, -0.2) is 57.3 Å². The van der Waals surface area contributed by atoms with E-state index < -0.39 is 5.82 Å². The topological polar surface area (TPSA) is 60.8 Å². The zero-order valence-corrected chi connectivity index (χ0v) is 20.1. The van der Waals surface area contributed by atoms with E-state index in [4.69, 9.17) is 0 Å². The van der Waals surface area contributed by atoms with E-state index in [1.54, 1.807) is 29.3 Å². The van der Waals surface area contributed by atoms with E-state index >= 15 is 0 Å². The molecule has 2 aromatic carbocycles. The van der Waals surface area contributed by atoms with Gasteiger partial charge in [0.25, 0.3) is 11.5 Å². The summed E-state index contributed by atoms with van der Waals surface area (Å²) in [6.07, 6.45) is 6.97. The van der Waals surface area contributed by atoms with Crippen LogP contribution < -0.4 is 5.56 Å². The van der Waals surface area contributed by atoms with Crippen molar-refractivity contribution in [2.75, 3.05) is 26.2 Å². The number of aromatic amines is 1. The maximum Gasteiger partial charge on any atom is 0.272 e. The molecule has 4 aromatic rings. The summed E-state index contributed by atoms with van der Waals surface area (Å²) >= 11 is 0. The van der Waals surface area contributed by atoms with Crippen molar-refractivity contribution in [3.8, 4) is 0 Å². The van der Waals surface area contributed by atoms with Crippen molar-refractivity contribution in [2.24, 2.45) is 0 Å². The fraction of sp³-hybridized carbons (Fsp3) is 0.310. The molecule has 1 fully saturated rings. The van der Waals surface area contributed by atoms with Gasteiger partial charge in [0.1, 0.15) is 11.3 Å². The van der Waals surface area contributed by atoms with Gasteiger partial charge < -0.3 is 14.3 Å². The number of nitrogens with one attached hydrogen (secondary N) is 1. The highest BCUT2D eigenvalue weighted by Gasteiger charge is 2.29. The van der Waals surface area contributed by atoms with Gasteiger partial charge in [-0.25, -0.2) is 4.39 Å². The van der Waals surface area contributed by atoms with Crippen LogP contribution in [0.25, 0.3) is 5.52 Å². The van der Waals surface area contributed by atoms with Gasteiger partial charge >= 0.3 is 0 Å². The summed E-state index contributed by atoms with van der Waals surface area (Å²) in [5.41, 5.74) is 5.06. The van der Waals surface area contributed by atoms with E-state index in [-0.39, 0.29) is 17.0 Å². The van der Waals surface area contributed by atoms with Crippen LogP contribution in [0.3, 0.4) is 0 Å². The quantitative estimate of drug-likeness (QED) is 0.481. The molecule has 1 aliphatic heterocycles. The smallest absolute Gasteiger partial charge is 0.272 e. The molecule has 0 saturated carbocycles. The highest BCUT2D eigenvalue weighted by molar-refractivity contribution is 5.94. The lowest BCUT2D eigenvalue weighted by Crippen LogP contribution is -2.40. The molecule has 1 aliphatic carbocycles. The van der Waals surface area contributed by atoms with Crippen LogP contribution in [0.2, 0.25) is 0 Å². The van der Waals surface area contributed by atoms with Gasteiger partial charge in [0.2, 0.25) is 0 Å². The lowest BCUT2D eigenvalue weighted by atomic mass is 10.0. The van der Waals surface area contributed by atoms with Gasteiger partial charge in [-0.15, -0.1) is 0 Å². The van der Waals surface area contributed by atoms with Gasteiger partial charge in [0.05, 0.1) is 5.56 Å². The monoisotopic (exact) mass is 484 g/mol. The number of rotatable bonds is 4. The van der Waals surface area contributed by atoms with Crippen LogP contribution in [0.5, 0.6) is 0 Å². The first-order valence-corrected chi connectivity index (χ1v) is 12.6. The zero-order valence-electron chi connectivity index (χ0n) is 20.1. The Kier molecular flexibility index (Phi) is 5.93. The second kappa shape index (κ2) is 9.39. The Morgan fingerprint density at radius 3 is 2.58 bits per heavy atom. The Morgan fingerprint density at radius 2 is 1.78 bits per heavy atom. The van der Waals surface area contributed by atoms with Gasteiger partial charge in [-0.05, 0) is 60.2 Å². The third kappa shape index (κ3) is 4.24. The molecule has 6 nitrogen and oxygen atoms in total. The molecule has 0 unspecified atom stereocenters. The predicted octanol–water partition coefficient (Wildman–Crippen LogP) is 3.67. The average Bonchev–Trinajstić information content (AvgIpc) is 3.49. The second-order valence-corrected chi connectivity index (χ2v) is 9.88. The number of fused-ring (bicyclic) bond motifs is 2. The fourth-order valence-electron chi connectivity index (χ4n) is 5.77. The minimum atomic E-state index is -0.497. The summed E-state index contributed by atoms with van der Waals surface area (Å²) in [5, 5.41) is 0. The Bertz CT molecular complexity index is 1470. The number of halogens is 1. The molecule has 0 spiro atoms. The molecule has 1 N–H and O–H groups in total. The fourth-order valence-corrected chi connectivity index (χ4v) is 5.77. The summed E-state index contributed by atoms with van der Waals surface area (Å²) in [6.45, 7) is 2.97. The molecule has 1 amide bonds. The molecular weight excluding hydrogens is 455 g/mol. The first kappa shape index (κ1) is 22.7. The number of aromatic nitrogens is 2. The average molecular weight is 485 g/mol. The van der Waals surface area contributed by atoms with E-state index in [2.05, 4.69) is 34.1 Å². The molecule has 3 heterocycles. The molecule has 2 aliphatic rings. The number of carbonyl (C=O) groups is 1. The summed E-state index contributed by atoms with van der Waals surface area (Å²) < 4.78 is 16.7. The van der Waals surface area contributed by atoms with Crippen LogP contribution in [0.1, 0.15) is 39.2 Å². The molecular formula is C29H29FN4O2. The van der Waals surface area contributed by atoms with Crippen molar-refractivity contribution in [2.45, 2.75) is 31.7 Å². The van der Waals surface area contributed by atoms with Crippen molar-refractivity contribution in [1.29, 1.82) is 0 Å². The van der Waals surface area contributed by atoms with Crippen LogP contribution in [0, 0.1) is 5.82 Å². The van der Waals surface area contributed by atoms with Crippen LogP contribution in [0.15, 0.2) is 71.8 Å². The number of hydrogen-bond donors (Lipinski definition) is 1. The third-order valence-electron chi connectivity index (χ3n) is 7.67. The number of hydrogen-bond acceptors (Lipinski definition) is 3. The first-order chi connectivity index (χ1) is 17.6. The van der Waals surface area contributed by atoms with E-state index in [0.717, 1.165) is 43.6 Å². The number of amides is 1.